The Balaban J connectivity index is 1.68. The van der Waals surface area contributed by atoms with Crippen LogP contribution in [-0.4, -0.2) is 26.4 Å². The highest BCUT2D eigenvalue weighted by atomic mass is 32.2. The molecule has 1 aliphatic rings. The molecule has 2 heterocycles. The number of aromatic nitrogens is 3. The maximum Gasteiger partial charge on any atom is 0.277 e. The average Bonchev–Trinajstić information content (AvgIpc) is 3.14. The maximum atomic E-state index is 12.8. The van der Waals surface area contributed by atoms with Crippen LogP contribution in [0, 0.1) is 6.92 Å². The quantitative estimate of drug-likeness (QED) is 0.687. The van der Waals surface area contributed by atoms with Crippen molar-refractivity contribution >= 4 is 28.6 Å². The Kier molecular flexibility index (Phi) is 3.69. The number of para-hydroxylation sites is 1. The molecular formula is C17H17N3O2S. The molecule has 0 atom stereocenters. The van der Waals surface area contributed by atoms with E-state index in [0.717, 1.165) is 24.8 Å². The molecule has 0 radical (unpaired) electrons. The molecule has 2 aromatic heterocycles. The summed E-state index contributed by atoms with van der Waals surface area (Å²) in [6.45, 7) is 1.74. The zero-order valence-corrected chi connectivity index (χ0v) is 13.7. The molecule has 0 fully saturated rings. The maximum absolute atomic E-state index is 12.8. The van der Waals surface area contributed by atoms with Crippen molar-refractivity contribution in [1.82, 2.24) is 14.8 Å². The number of rotatable bonds is 3. The van der Waals surface area contributed by atoms with E-state index in [-0.39, 0.29) is 5.91 Å². The number of nitrogens with zero attached hydrogens (tertiary/aromatic N) is 3. The summed E-state index contributed by atoms with van der Waals surface area (Å²) in [5, 5.41) is 9.39. The van der Waals surface area contributed by atoms with Crippen molar-refractivity contribution in [3.8, 4) is 0 Å². The molecule has 0 saturated carbocycles. The zero-order chi connectivity index (χ0) is 15.8. The van der Waals surface area contributed by atoms with Crippen molar-refractivity contribution in [3.05, 3.63) is 41.4 Å². The minimum absolute atomic E-state index is 0.0743. The van der Waals surface area contributed by atoms with Crippen LogP contribution in [0.5, 0.6) is 0 Å². The Labute approximate surface area is 138 Å². The van der Waals surface area contributed by atoms with E-state index in [1.54, 1.807) is 6.92 Å². The summed E-state index contributed by atoms with van der Waals surface area (Å²) < 4.78 is 7.23. The topological polar surface area (TPSA) is 60.9 Å². The molecule has 1 aliphatic carbocycles. The van der Waals surface area contributed by atoms with E-state index in [9.17, 15) is 4.79 Å². The van der Waals surface area contributed by atoms with Crippen molar-refractivity contribution in [3.63, 3.8) is 0 Å². The minimum atomic E-state index is 0.0743. The van der Waals surface area contributed by atoms with Gasteiger partial charge in [0.1, 0.15) is 0 Å². The number of aryl methyl sites for hydroxylation is 2. The molecule has 0 aliphatic heterocycles. The Hall–Kier alpha value is -2.08. The van der Waals surface area contributed by atoms with Gasteiger partial charge in [0.15, 0.2) is 0 Å². The predicted octanol–water partition coefficient (Wildman–Crippen LogP) is 3.64. The molecule has 0 saturated heterocycles. The highest BCUT2D eigenvalue weighted by Gasteiger charge is 2.23. The first-order chi connectivity index (χ1) is 11.2. The van der Waals surface area contributed by atoms with Gasteiger partial charge in [0.25, 0.3) is 5.22 Å². The third-order valence-corrected chi connectivity index (χ3v) is 5.06. The van der Waals surface area contributed by atoms with Gasteiger partial charge in [-0.25, -0.2) is 0 Å². The molecule has 118 valence electrons. The smallest absolute Gasteiger partial charge is 0.277 e. The highest BCUT2D eigenvalue weighted by molar-refractivity contribution is 7.99. The Morgan fingerprint density at radius 2 is 2.09 bits per heavy atom. The third-order valence-electron chi connectivity index (χ3n) is 4.25. The molecule has 0 N–H and O–H groups in total. The van der Waals surface area contributed by atoms with E-state index in [4.69, 9.17) is 4.42 Å². The lowest BCUT2D eigenvalue weighted by Gasteiger charge is -2.14. The van der Waals surface area contributed by atoms with Gasteiger partial charge in [-0.1, -0.05) is 30.0 Å². The minimum Gasteiger partial charge on any atom is -0.416 e. The summed E-state index contributed by atoms with van der Waals surface area (Å²) in [6.07, 6.45) is 4.38. The van der Waals surface area contributed by atoms with E-state index in [1.165, 1.54) is 34.8 Å². The van der Waals surface area contributed by atoms with Crippen molar-refractivity contribution < 1.29 is 9.21 Å². The lowest BCUT2D eigenvalue weighted by atomic mass is 9.96. The zero-order valence-electron chi connectivity index (χ0n) is 12.9. The summed E-state index contributed by atoms with van der Waals surface area (Å²) in [4.78, 5) is 12.8. The lowest BCUT2D eigenvalue weighted by molar-refractivity contribution is 0.0943. The number of thioether (sulfide) groups is 1. The number of fused-ring (bicyclic) bond motifs is 3. The fourth-order valence-electron chi connectivity index (χ4n) is 3.31. The van der Waals surface area contributed by atoms with E-state index in [0.29, 0.717) is 16.9 Å². The van der Waals surface area contributed by atoms with Gasteiger partial charge in [0.05, 0.1) is 11.3 Å². The van der Waals surface area contributed by atoms with Crippen molar-refractivity contribution in [1.29, 1.82) is 0 Å². The molecule has 0 bridgehead atoms. The fourth-order valence-corrected chi connectivity index (χ4v) is 3.96. The van der Waals surface area contributed by atoms with Crippen LogP contribution in [-0.2, 0) is 12.8 Å². The molecule has 5 nitrogen and oxygen atoms in total. The van der Waals surface area contributed by atoms with Crippen LogP contribution < -0.4 is 0 Å². The van der Waals surface area contributed by atoms with Crippen LogP contribution in [0.2, 0.25) is 0 Å². The van der Waals surface area contributed by atoms with E-state index in [2.05, 4.69) is 16.3 Å². The predicted molar refractivity (Wildman–Crippen MR) is 89.0 cm³/mol. The van der Waals surface area contributed by atoms with E-state index < -0.39 is 0 Å². The second-order valence-electron chi connectivity index (χ2n) is 5.75. The van der Waals surface area contributed by atoms with Crippen molar-refractivity contribution in [2.45, 2.75) is 37.8 Å². The monoisotopic (exact) mass is 327 g/mol. The van der Waals surface area contributed by atoms with Gasteiger partial charge in [-0.05, 0) is 37.3 Å². The molecule has 0 spiro atoms. The van der Waals surface area contributed by atoms with Crippen LogP contribution >= 0.6 is 11.8 Å². The Morgan fingerprint density at radius 3 is 2.91 bits per heavy atom. The summed E-state index contributed by atoms with van der Waals surface area (Å²) in [6, 6.07) is 8.19. The molecule has 23 heavy (non-hydrogen) atoms. The van der Waals surface area contributed by atoms with Crippen LogP contribution in [0.1, 0.15) is 34.8 Å². The molecule has 4 rings (SSSR count). The lowest BCUT2D eigenvalue weighted by Crippen LogP contribution is -2.18. The van der Waals surface area contributed by atoms with Crippen LogP contribution in [0.25, 0.3) is 10.9 Å². The van der Waals surface area contributed by atoms with Crippen LogP contribution in [0.3, 0.4) is 0 Å². The molecule has 1 aromatic carbocycles. The number of hydrogen-bond acceptors (Lipinski definition) is 5. The molecule has 0 unspecified atom stereocenters. The normalized spacial score (nSPS) is 14.1. The average molecular weight is 327 g/mol. The van der Waals surface area contributed by atoms with Crippen LogP contribution in [0.15, 0.2) is 33.9 Å². The molecule has 6 heteroatoms. The van der Waals surface area contributed by atoms with E-state index >= 15 is 0 Å². The van der Waals surface area contributed by atoms with Gasteiger partial charge < -0.3 is 4.42 Å². The SMILES string of the molecule is Cc1nnc(SCC(=O)n2c3c(c4ccccc42)CCCC3)o1. The first kappa shape index (κ1) is 14.5. The highest BCUT2D eigenvalue weighted by Crippen LogP contribution is 2.32. The van der Waals surface area contributed by atoms with Crippen LogP contribution in [0.4, 0.5) is 0 Å². The standard InChI is InChI=1S/C17H17N3O2S/c1-11-18-19-17(22-11)23-10-16(21)20-14-8-4-2-6-12(14)13-7-3-5-9-15(13)20/h2,4,6,8H,3,5,7,9-10H2,1H3. The molecule has 0 amide bonds. The number of carbonyl (C=O) groups excluding carboxylic acids is 1. The summed E-state index contributed by atoms with van der Waals surface area (Å²) in [5.74, 6) is 0.890. The molecular weight excluding hydrogens is 310 g/mol. The second-order valence-corrected chi connectivity index (χ2v) is 6.68. The first-order valence-electron chi connectivity index (χ1n) is 7.81. The van der Waals surface area contributed by atoms with Crippen molar-refractivity contribution in [2.24, 2.45) is 0 Å². The largest absolute Gasteiger partial charge is 0.416 e. The van der Waals surface area contributed by atoms with Gasteiger partial charge in [-0.15, -0.1) is 10.2 Å². The van der Waals surface area contributed by atoms with Gasteiger partial charge >= 0.3 is 0 Å². The number of benzene rings is 1. The van der Waals surface area contributed by atoms with E-state index in [1.807, 2.05) is 22.8 Å². The summed E-state index contributed by atoms with van der Waals surface area (Å²) in [5.41, 5.74) is 3.55. The Morgan fingerprint density at radius 1 is 1.26 bits per heavy atom. The van der Waals surface area contributed by atoms with Crippen molar-refractivity contribution in [2.75, 3.05) is 5.75 Å². The van der Waals surface area contributed by atoms with Gasteiger partial charge in [-0.3, -0.25) is 9.36 Å². The summed E-state index contributed by atoms with van der Waals surface area (Å²) in [7, 11) is 0. The molecule has 3 aromatic rings. The second kappa shape index (κ2) is 5.85. The number of carbonyl (C=O) groups is 1. The summed E-state index contributed by atoms with van der Waals surface area (Å²) >= 11 is 1.30. The van der Waals surface area contributed by atoms with Gasteiger partial charge in [0.2, 0.25) is 11.8 Å². The first-order valence-corrected chi connectivity index (χ1v) is 8.80. The third kappa shape index (κ3) is 2.57. The Bertz CT molecular complexity index is 881. The fraction of sp³-hybridized carbons (Fsp3) is 0.353. The van der Waals surface area contributed by atoms with Gasteiger partial charge in [0, 0.05) is 18.0 Å². The van der Waals surface area contributed by atoms with Gasteiger partial charge in [-0.2, -0.15) is 0 Å². The number of hydrogen-bond donors (Lipinski definition) is 0.